The largest absolute Gasteiger partial charge is 0.822 e. The van der Waals surface area contributed by atoms with Gasteiger partial charge in [-0.3, -0.25) is 0 Å². The van der Waals surface area contributed by atoms with Crippen LogP contribution >= 0.6 is 7.82 Å². The van der Waals surface area contributed by atoms with E-state index in [9.17, 15) is 5.11 Å². The van der Waals surface area contributed by atoms with Gasteiger partial charge in [0, 0.05) is 40.9 Å². The molecule has 0 saturated carbocycles. The van der Waals surface area contributed by atoms with E-state index >= 15 is 0 Å². The number of aryl methyl sites for hydroxylation is 1. The van der Waals surface area contributed by atoms with E-state index in [2.05, 4.69) is 91.4 Å². The van der Waals surface area contributed by atoms with Crippen LogP contribution in [0.5, 0.6) is 0 Å². The minimum atomic E-state index is -5.39. The smallest absolute Gasteiger partial charge is 0.203 e. The SMILES string of the molecule is CCn1c(=c2ccc3c(c2)C(C)CC(C)(C)[N+]=3CCO)c2cccc3cccc1c32.O=P([O-])([O-])[O-]. The van der Waals surface area contributed by atoms with Crippen LogP contribution in [-0.4, -0.2) is 28.4 Å². The lowest BCUT2D eigenvalue weighted by atomic mass is 9.82. The maximum Gasteiger partial charge on any atom is 0.203 e. The predicted molar refractivity (Wildman–Crippen MR) is 132 cm³/mol. The fourth-order valence-electron chi connectivity index (χ4n) is 5.81. The quantitative estimate of drug-likeness (QED) is 0.344. The van der Waals surface area contributed by atoms with Gasteiger partial charge in [-0.25, -0.2) is 4.58 Å². The molecule has 1 aliphatic heterocycles. The first-order valence-electron chi connectivity index (χ1n) is 11.9. The van der Waals surface area contributed by atoms with Gasteiger partial charge in [-0.1, -0.05) is 37.3 Å². The Labute approximate surface area is 204 Å². The molecule has 35 heavy (non-hydrogen) atoms. The van der Waals surface area contributed by atoms with Crippen LogP contribution in [0.25, 0.3) is 21.7 Å². The van der Waals surface area contributed by atoms with Crippen molar-refractivity contribution < 1.29 is 24.4 Å². The number of rotatable bonds is 3. The number of nitrogens with zero attached hydrogens (tertiary/aromatic N) is 2. The Hall–Kier alpha value is -2.54. The van der Waals surface area contributed by atoms with Crippen molar-refractivity contribution in [1.29, 1.82) is 0 Å². The molecule has 0 aliphatic carbocycles. The second-order valence-corrected chi connectivity index (χ2v) is 10.7. The molecule has 1 aromatic heterocycles. The van der Waals surface area contributed by atoms with Gasteiger partial charge < -0.3 is 28.9 Å². The van der Waals surface area contributed by atoms with E-state index in [1.807, 2.05) is 0 Å². The molecule has 1 atom stereocenters. The summed E-state index contributed by atoms with van der Waals surface area (Å²) in [5.74, 6) is 0.486. The normalized spacial score (nSPS) is 18.4. The number of hydrogen-bond donors (Lipinski definition) is 1. The van der Waals surface area contributed by atoms with E-state index in [0.29, 0.717) is 12.5 Å². The van der Waals surface area contributed by atoms with Crippen LogP contribution in [0.2, 0.25) is 0 Å². The molecule has 3 aromatic carbocycles. The van der Waals surface area contributed by atoms with E-state index < -0.39 is 7.82 Å². The van der Waals surface area contributed by atoms with Crippen molar-refractivity contribution in [2.75, 3.05) is 13.2 Å². The van der Waals surface area contributed by atoms with E-state index in [1.165, 1.54) is 43.2 Å². The first-order valence-corrected chi connectivity index (χ1v) is 13.3. The van der Waals surface area contributed by atoms with Gasteiger partial charge in [0.05, 0.1) is 5.35 Å². The second kappa shape index (κ2) is 9.49. The summed E-state index contributed by atoms with van der Waals surface area (Å²) in [6.07, 6.45) is 1.09. The number of phosphoric acid groups is 1. The number of benzene rings is 3. The number of aliphatic hydroxyl groups is 1. The summed E-state index contributed by atoms with van der Waals surface area (Å²) >= 11 is 0. The molecular formula is C27H31N2O5P-2. The molecule has 4 aromatic rings. The minimum absolute atomic E-state index is 0.0500. The summed E-state index contributed by atoms with van der Waals surface area (Å²) in [5, 5.41) is 17.6. The summed E-state index contributed by atoms with van der Waals surface area (Å²) in [4.78, 5) is 25.6. The second-order valence-electron chi connectivity index (χ2n) is 9.79. The zero-order valence-electron chi connectivity index (χ0n) is 20.5. The minimum Gasteiger partial charge on any atom is -0.822 e. The standard InChI is InChI=1S/C27H31N2O.H3O4P/c1-5-28-24-11-7-9-19-8-6-10-21(25(19)24)26(28)20-12-13-23-22(16-20)18(2)17-27(3,4)29(23)14-15-30;1-5(2,3)4/h6-13,16,18,30H,5,14-15,17H2,1-4H3;(H3,1,2,3,4)/q+1;/p-3. The molecule has 0 spiro atoms. The van der Waals surface area contributed by atoms with Crippen molar-refractivity contribution in [3.63, 3.8) is 0 Å². The molecule has 186 valence electrons. The molecule has 7 nitrogen and oxygen atoms in total. The van der Waals surface area contributed by atoms with Crippen molar-refractivity contribution >= 4 is 29.5 Å². The van der Waals surface area contributed by atoms with Crippen LogP contribution in [0.4, 0.5) is 0 Å². The van der Waals surface area contributed by atoms with Gasteiger partial charge in [0.2, 0.25) is 5.36 Å². The Kier molecular flexibility index (Phi) is 6.93. The van der Waals surface area contributed by atoms with Crippen molar-refractivity contribution in [2.24, 2.45) is 0 Å². The number of aromatic nitrogens is 1. The van der Waals surface area contributed by atoms with Crippen LogP contribution < -0.4 is 24.6 Å². The average Bonchev–Trinajstić information content (AvgIpc) is 3.10. The Morgan fingerprint density at radius 3 is 2.40 bits per heavy atom. The third-order valence-corrected chi connectivity index (χ3v) is 7.00. The zero-order valence-corrected chi connectivity index (χ0v) is 21.4. The lowest BCUT2D eigenvalue weighted by molar-refractivity contribution is -0.432. The summed E-state index contributed by atoms with van der Waals surface area (Å²) in [6, 6.07) is 20.2. The molecule has 0 amide bonds. The van der Waals surface area contributed by atoms with Gasteiger partial charge in [0.1, 0.15) is 6.61 Å². The van der Waals surface area contributed by atoms with Gasteiger partial charge in [0.15, 0.2) is 12.1 Å². The number of hydrogen-bond acceptors (Lipinski definition) is 5. The van der Waals surface area contributed by atoms with E-state index in [4.69, 9.17) is 19.2 Å². The van der Waals surface area contributed by atoms with Crippen molar-refractivity contribution in [3.05, 3.63) is 76.1 Å². The number of fused-ring (bicyclic) bond motifs is 1. The molecule has 0 fully saturated rings. The Morgan fingerprint density at radius 1 is 1.11 bits per heavy atom. The summed E-state index contributed by atoms with van der Waals surface area (Å²) in [6.45, 7) is 10.9. The van der Waals surface area contributed by atoms with Crippen LogP contribution in [0, 0.1) is 10.6 Å². The zero-order chi connectivity index (χ0) is 25.5. The highest BCUT2D eigenvalue weighted by Gasteiger charge is 2.38. The fourth-order valence-corrected chi connectivity index (χ4v) is 5.81. The van der Waals surface area contributed by atoms with E-state index in [1.54, 1.807) is 0 Å². The Balaban J connectivity index is 0.000000527. The van der Waals surface area contributed by atoms with Gasteiger partial charge in [-0.15, -0.1) is 0 Å². The Bertz CT molecular complexity index is 1570. The number of β-amino-alcohol motifs (C(OH)–C–C–N with tert-alkyl or cyclic N) is 1. The third-order valence-electron chi connectivity index (χ3n) is 7.00. The molecule has 8 heteroatoms. The number of aliphatic hydroxyl groups excluding tert-OH is 1. The molecule has 1 N–H and O–H groups in total. The van der Waals surface area contributed by atoms with Crippen molar-refractivity contribution in [3.8, 4) is 0 Å². The lowest BCUT2D eigenvalue weighted by Gasteiger charge is -2.36. The van der Waals surface area contributed by atoms with Gasteiger partial charge in [-0.2, -0.15) is 7.82 Å². The van der Waals surface area contributed by atoms with Gasteiger partial charge in [-0.05, 0) is 55.5 Å². The summed E-state index contributed by atoms with van der Waals surface area (Å²) < 4.78 is 13.4. The molecule has 0 saturated heterocycles. The molecule has 1 unspecified atom stereocenters. The third kappa shape index (κ3) is 4.92. The first kappa shape index (κ1) is 25.5. The van der Waals surface area contributed by atoms with Crippen molar-refractivity contribution in [2.45, 2.75) is 52.1 Å². The summed E-state index contributed by atoms with van der Waals surface area (Å²) in [5.41, 5.74) is 2.76. The van der Waals surface area contributed by atoms with Crippen LogP contribution in [0.3, 0.4) is 0 Å². The first-order chi connectivity index (χ1) is 16.5. The molecular weight excluding hydrogens is 463 g/mol. The maximum absolute atomic E-state index is 9.67. The van der Waals surface area contributed by atoms with Gasteiger partial charge >= 0.3 is 0 Å². The predicted octanol–water partition coefficient (Wildman–Crippen LogP) is 1.76. The maximum atomic E-state index is 9.67. The molecule has 0 radical (unpaired) electrons. The highest BCUT2D eigenvalue weighted by molar-refractivity contribution is 7.40. The van der Waals surface area contributed by atoms with Gasteiger partial charge in [0.25, 0.3) is 0 Å². The van der Waals surface area contributed by atoms with Crippen LogP contribution in [-0.2, 0) is 11.1 Å². The molecule has 0 bridgehead atoms. The highest BCUT2D eigenvalue weighted by atomic mass is 31.2. The Morgan fingerprint density at radius 2 is 1.77 bits per heavy atom. The van der Waals surface area contributed by atoms with E-state index in [-0.39, 0.29) is 12.1 Å². The lowest BCUT2D eigenvalue weighted by Crippen LogP contribution is -2.53. The average molecular weight is 495 g/mol. The van der Waals surface area contributed by atoms with Crippen LogP contribution in [0.1, 0.15) is 45.6 Å². The molecule has 1 aliphatic rings. The molecule has 5 rings (SSSR count). The topological polar surface area (TPSA) is 114 Å². The van der Waals surface area contributed by atoms with Crippen LogP contribution in [0.15, 0.2) is 54.6 Å². The monoisotopic (exact) mass is 494 g/mol. The highest BCUT2D eigenvalue weighted by Crippen LogP contribution is 2.32. The fraction of sp³-hybridized carbons (Fsp3) is 0.370. The van der Waals surface area contributed by atoms with E-state index in [0.717, 1.165) is 13.0 Å². The summed E-state index contributed by atoms with van der Waals surface area (Å²) in [7, 11) is -5.39. The molecule has 2 heterocycles. The van der Waals surface area contributed by atoms with Crippen molar-refractivity contribution in [1.82, 2.24) is 9.14 Å².